The van der Waals surface area contributed by atoms with Crippen molar-refractivity contribution in [1.29, 1.82) is 0 Å². The Morgan fingerprint density at radius 1 is 1.18 bits per heavy atom. The maximum Gasteiger partial charge on any atom is 0.237 e. The van der Waals surface area contributed by atoms with Crippen molar-refractivity contribution < 1.29 is 14.4 Å². The number of amides is 3. The molecule has 0 aromatic heterocycles. The topological polar surface area (TPSA) is 80.5 Å². The van der Waals surface area contributed by atoms with E-state index in [1.54, 1.807) is 0 Å². The van der Waals surface area contributed by atoms with Crippen molar-refractivity contribution in [3.63, 3.8) is 0 Å². The van der Waals surface area contributed by atoms with E-state index in [2.05, 4.69) is 0 Å². The number of hydrogen-bond donors (Lipinski definition) is 1. The molecule has 2 N–H and O–H groups in total. The highest BCUT2D eigenvalue weighted by Gasteiger charge is 2.56. The molecule has 4 aliphatic rings. The van der Waals surface area contributed by atoms with Gasteiger partial charge in [-0.05, 0) is 24.7 Å². The largest absolute Gasteiger partial charge is 0.368 e. The van der Waals surface area contributed by atoms with Crippen LogP contribution in [0.3, 0.4) is 0 Å². The summed E-state index contributed by atoms with van der Waals surface area (Å²) in [5, 5.41) is 0. The van der Waals surface area contributed by atoms with Gasteiger partial charge in [0.1, 0.15) is 6.54 Å². The summed E-state index contributed by atoms with van der Waals surface area (Å²) >= 11 is 0. The van der Waals surface area contributed by atoms with Gasteiger partial charge in [0.2, 0.25) is 17.7 Å². The van der Waals surface area contributed by atoms with Gasteiger partial charge < -0.3 is 5.73 Å². The van der Waals surface area contributed by atoms with Gasteiger partial charge >= 0.3 is 0 Å². The first kappa shape index (κ1) is 10.5. The second kappa shape index (κ2) is 3.42. The Morgan fingerprint density at radius 3 is 2.00 bits per heavy atom. The SMILES string of the molecule is NC(=O)CN1C(=O)C2C3C=CC(CC3)C2C1=O. The van der Waals surface area contributed by atoms with Crippen LogP contribution in [0.5, 0.6) is 0 Å². The highest BCUT2D eigenvalue weighted by atomic mass is 16.2. The highest BCUT2D eigenvalue weighted by Crippen LogP contribution is 2.49. The highest BCUT2D eigenvalue weighted by molar-refractivity contribution is 6.08. The molecule has 4 unspecified atom stereocenters. The van der Waals surface area contributed by atoms with Crippen molar-refractivity contribution in [3.8, 4) is 0 Å². The minimum Gasteiger partial charge on any atom is -0.368 e. The third-order valence-electron chi connectivity index (χ3n) is 4.16. The predicted molar refractivity (Wildman–Crippen MR) is 58.2 cm³/mol. The standard InChI is InChI=1S/C12H14N2O3/c13-8(15)5-14-11(16)9-6-1-2-7(4-3-6)10(9)12(14)17/h1-2,6-7,9-10H,3-5H2,(H2,13,15). The van der Waals surface area contributed by atoms with Crippen molar-refractivity contribution in [3.05, 3.63) is 12.2 Å². The van der Waals surface area contributed by atoms with Crippen LogP contribution < -0.4 is 5.73 Å². The van der Waals surface area contributed by atoms with Crippen molar-refractivity contribution in [2.45, 2.75) is 12.8 Å². The molecule has 3 amide bonds. The molecule has 3 aliphatic carbocycles. The number of nitrogens with zero attached hydrogens (tertiary/aromatic N) is 1. The number of fused-ring (bicyclic) bond motifs is 1. The molecule has 1 heterocycles. The molecule has 2 fully saturated rings. The fourth-order valence-corrected chi connectivity index (χ4v) is 3.45. The van der Waals surface area contributed by atoms with Crippen LogP contribution in [0.4, 0.5) is 0 Å². The van der Waals surface area contributed by atoms with Crippen LogP contribution in [0.1, 0.15) is 12.8 Å². The van der Waals surface area contributed by atoms with Crippen LogP contribution in [0.15, 0.2) is 12.2 Å². The monoisotopic (exact) mass is 234 g/mol. The first-order valence-electron chi connectivity index (χ1n) is 5.91. The van der Waals surface area contributed by atoms with E-state index in [1.165, 1.54) is 0 Å². The normalized spacial score (nSPS) is 38.7. The minimum absolute atomic E-state index is 0.166. The average molecular weight is 234 g/mol. The third kappa shape index (κ3) is 1.34. The third-order valence-corrected chi connectivity index (χ3v) is 4.16. The van der Waals surface area contributed by atoms with Gasteiger partial charge in [-0.3, -0.25) is 19.3 Å². The zero-order chi connectivity index (χ0) is 12.2. The van der Waals surface area contributed by atoms with Crippen LogP contribution >= 0.6 is 0 Å². The number of primary amides is 1. The van der Waals surface area contributed by atoms with E-state index in [1.807, 2.05) is 12.2 Å². The van der Waals surface area contributed by atoms with Gasteiger partial charge in [-0.1, -0.05) is 12.2 Å². The average Bonchev–Trinajstić information content (AvgIpc) is 2.57. The van der Waals surface area contributed by atoms with Crippen LogP contribution in [-0.4, -0.2) is 29.2 Å². The summed E-state index contributed by atoms with van der Waals surface area (Å²) in [7, 11) is 0. The predicted octanol–water partition coefficient (Wildman–Crippen LogP) is -0.331. The summed E-state index contributed by atoms with van der Waals surface area (Å²) < 4.78 is 0. The van der Waals surface area contributed by atoms with Crippen molar-refractivity contribution in [1.82, 2.24) is 4.90 Å². The maximum absolute atomic E-state index is 12.1. The van der Waals surface area contributed by atoms with E-state index in [4.69, 9.17) is 5.73 Å². The van der Waals surface area contributed by atoms with Crippen molar-refractivity contribution >= 4 is 17.7 Å². The lowest BCUT2D eigenvalue weighted by molar-refractivity contribution is -0.143. The van der Waals surface area contributed by atoms with Gasteiger partial charge in [0, 0.05) is 0 Å². The number of allylic oxidation sites excluding steroid dienone is 2. The van der Waals surface area contributed by atoms with E-state index in [0.717, 1.165) is 17.7 Å². The number of carbonyl (C=O) groups excluding carboxylic acids is 3. The molecule has 5 nitrogen and oxygen atoms in total. The lowest BCUT2D eigenvalue weighted by Crippen LogP contribution is -2.38. The fourth-order valence-electron chi connectivity index (χ4n) is 3.45. The first-order chi connectivity index (χ1) is 8.09. The Labute approximate surface area is 98.6 Å². The van der Waals surface area contributed by atoms with E-state index in [9.17, 15) is 14.4 Å². The Hall–Kier alpha value is -1.65. The molecule has 5 heteroatoms. The van der Waals surface area contributed by atoms with Crippen LogP contribution in [0.2, 0.25) is 0 Å². The van der Waals surface area contributed by atoms with Crippen LogP contribution in [0, 0.1) is 23.7 Å². The zero-order valence-corrected chi connectivity index (χ0v) is 9.33. The number of hydrogen-bond acceptors (Lipinski definition) is 3. The molecule has 1 aliphatic heterocycles. The molecule has 17 heavy (non-hydrogen) atoms. The van der Waals surface area contributed by atoms with Crippen LogP contribution in [0.25, 0.3) is 0 Å². The molecule has 1 saturated carbocycles. The van der Waals surface area contributed by atoms with Crippen LogP contribution in [-0.2, 0) is 14.4 Å². The van der Waals surface area contributed by atoms with Gasteiger partial charge in [-0.15, -0.1) is 0 Å². The number of carbonyl (C=O) groups is 3. The molecule has 4 atom stereocenters. The number of imide groups is 1. The number of nitrogens with two attached hydrogens (primary N) is 1. The molecule has 0 aromatic rings. The van der Waals surface area contributed by atoms with Crippen molar-refractivity contribution in [2.75, 3.05) is 6.54 Å². The quantitative estimate of drug-likeness (QED) is 0.524. The van der Waals surface area contributed by atoms with Gasteiger partial charge in [-0.25, -0.2) is 0 Å². The van der Waals surface area contributed by atoms with E-state index in [0.29, 0.717) is 0 Å². The number of rotatable bonds is 2. The Balaban J connectivity index is 1.94. The summed E-state index contributed by atoms with van der Waals surface area (Å²) in [4.78, 5) is 36.2. The first-order valence-corrected chi connectivity index (χ1v) is 5.91. The van der Waals surface area contributed by atoms with Gasteiger partial charge in [0.05, 0.1) is 11.8 Å². The molecule has 0 radical (unpaired) electrons. The second-order valence-electron chi connectivity index (χ2n) is 5.07. The summed E-state index contributed by atoms with van der Waals surface area (Å²) in [6.45, 7) is -0.274. The Bertz CT molecular complexity index is 411. The van der Waals surface area contributed by atoms with Crippen molar-refractivity contribution in [2.24, 2.45) is 29.4 Å². The van der Waals surface area contributed by atoms with Gasteiger partial charge in [0.25, 0.3) is 0 Å². The Morgan fingerprint density at radius 2 is 1.65 bits per heavy atom. The molecule has 90 valence electrons. The smallest absolute Gasteiger partial charge is 0.237 e. The Kier molecular flexibility index (Phi) is 2.11. The summed E-state index contributed by atoms with van der Waals surface area (Å²) in [6.07, 6.45) is 6.03. The fraction of sp³-hybridized carbons (Fsp3) is 0.583. The summed E-state index contributed by atoms with van der Waals surface area (Å²) in [5.74, 6) is -1.21. The molecular formula is C12H14N2O3. The molecule has 2 bridgehead atoms. The minimum atomic E-state index is -0.634. The molecule has 0 aromatic carbocycles. The lowest BCUT2D eigenvalue weighted by Gasteiger charge is -2.38. The molecule has 4 rings (SSSR count). The van der Waals surface area contributed by atoms with Gasteiger partial charge in [-0.2, -0.15) is 0 Å². The summed E-state index contributed by atoms with van der Waals surface area (Å²) in [6, 6.07) is 0. The number of likely N-dealkylation sites (tertiary alicyclic amines) is 1. The summed E-state index contributed by atoms with van der Waals surface area (Å²) in [5.41, 5.74) is 5.07. The second-order valence-corrected chi connectivity index (χ2v) is 5.07. The van der Waals surface area contributed by atoms with E-state index < -0.39 is 5.91 Å². The van der Waals surface area contributed by atoms with E-state index >= 15 is 0 Å². The molecule has 1 saturated heterocycles. The molecular weight excluding hydrogens is 220 g/mol. The van der Waals surface area contributed by atoms with E-state index in [-0.39, 0.29) is 42.0 Å². The molecule has 0 spiro atoms. The zero-order valence-electron chi connectivity index (χ0n) is 9.33. The lowest BCUT2D eigenvalue weighted by atomic mass is 9.63. The maximum atomic E-state index is 12.1. The van der Waals surface area contributed by atoms with Gasteiger partial charge in [0.15, 0.2) is 0 Å².